The summed E-state index contributed by atoms with van der Waals surface area (Å²) in [7, 11) is 0. The van der Waals surface area contributed by atoms with Gasteiger partial charge in [-0.05, 0) is 30.7 Å². The van der Waals surface area contributed by atoms with Crippen molar-refractivity contribution < 1.29 is 19.1 Å². The summed E-state index contributed by atoms with van der Waals surface area (Å²) >= 11 is 0. The number of carbonyl (C=O) groups excluding carboxylic acids is 2. The number of carbonyl (C=O) groups is 2. The maximum atomic E-state index is 11.1. The average Bonchev–Trinajstić information content (AvgIpc) is 2.28. The van der Waals surface area contributed by atoms with Gasteiger partial charge in [0.2, 0.25) is 0 Å². The fourth-order valence-corrected chi connectivity index (χ4v) is 1.17. The highest BCUT2D eigenvalue weighted by Crippen LogP contribution is 2.13. The summed E-state index contributed by atoms with van der Waals surface area (Å²) in [5.41, 5.74) is 0.828. The predicted molar refractivity (Wildman–Crippen MR) is 63.4 cm³/mol. The van der Waals surface area contributed by atoms with Crippen LogP contribution in [0.25, 0.3) is 6.08 Å². The molecule has 0 heterocycles. The number of rotatable bonds is 4. The van der Waals surface area contributed by atoms with Crippen molar-refractivity contribution in [2.45, 2.75) is 13.8 Å². The van der Waals surface area contributed by atoms with Crippen LogP contribution in [-0.2, 0) is 14.3 Å². The summed E-state index contributed by atoms with van der Waals surface area (Å²) < 4.78 is 9.62. The monoisotopic (exact) mass is 234 g/mol. The SMILES string of the molecule is CCOC(=O)/C=C\c1ccc(OC(C)=O)cc1. The van der Waals surface area contributed by atoms with E-state index in [1.54, 1.807) is 37.3 Å². The van der Waals surface area contributed by atoms with Crippen molar-refractivity contribution in [2.75, 3.05) is 6.61 Å². The Morgan fingerprint density at radius 1 is 1.24 bits per heavy atom. The maximum absolute atomic E-state index is 11.1. The minimum atomic E-state index is -0.378. The van der Waals surface area contributed by atoms with Gasteiger partial charge in [0.15, 0.2) is 0 Å². The van der Waals surface area contributed by atoms with Crippen LogP contribution < -0.4 is 4.74 Å². The van der Waals surface area contributed by atoms with E-state index in [9.17, 15) is 9.59 Å². The van der Waals surface area contributed by atoms with Crippen LogP contribution in [0.5, 0.6) is 5.75 Å². The molecule has 0 N–H and O–H groups in total. The van der Waals surface area contributed by atoms with Crippen LogP contribution in [0.4, 0.5) is 0 Å². The van der Waals surface area contributed by atoms with Crippen molar-refractivity contribution in [3.63, 3.8) is 0 Å². The van der Waals surface area contributed by atoms with E-state index in [1.165, 1.54) is 13.0 Å². The lowest BCUT2D eigenvalue weighted by Crippen LogP contribution is -2.01. The molecule has 0 spiro atoms. The van der Waals surface area contributed by atoms with Crippen molar-refractivity contribution in [2.24, 2.45) is 0 Å². The second kappa shape index (κ2) is 6.48. The van der Waals surface area contributed by atoms with Gasteiger partial charge in [0.1, 0.15) is 5.75 Å². The van der Waals surface area contributed by atoms with Crippen LogP contribution in [0.1, 0.15) is 19.4 Å². The Balaban J connectivity index is 2.62. The van der Waals surface area contributed by atoms with Crippen LogP contribution in [-0.4, -0.2) is 18.5 Å². The molecule has 4 heteroatoms. The van der Waals surface area contributed by atoms with Crippen LogP contribution in [0.15, 0.2) is 30.3 Å². The summed E-state index contributed by atoms with van der Waals surface area (Å²) in [6.07, 6.45) is 2.99. The minimum absolute atomic E-state index is 0.356. The second-order valence-electron chi connectivity index (χ2n) is 3.25. The molecule has 90 valence electrons. The van der Waals surface area contributed by atoms with Crippen molar-refractivity contribution >= 4 is 18.0 Å². The lowest BCUT2D eigenvalue weighted by Gasteiger charge is -2.00. The molecular weight excluding hydrogens is 220 g/mol. The summed E-state index contributed by atoms with van der Waals surface area (Å²) in [5, 5.41) is 0. The normalized spacial score (nSPS) is 10.2. The smallest absolute Gasteiger partial charge is 0.330 e. The van der Waals surface area contributed by atoms with E-state index in [2.05, 4.69) is 0 Å². The van der Waals surface area contributed by atoms with Gasteiger partial charge in [0.05, 0.1) is 6.61 Å². The zero-order valence-electron chi connectivity index (χ0n) is 9.80. The van der Waals surface area contributed by atoms with Crippen molar-refractivity contribution in [3.8, 4) is 5.75 Å². The summed E-state index contributed by atoms with van der Waals surface area (Å²) in [5.74, 6) is -0.262. The fourth-order valence-electron chi connectivity index (χ4n) is 1.17. The third-order valence-corrected chi connectivity index (χ3v) is 1.84. The van der Waals surface area contributed by atoms with Crippen molar-refractivity contribution in [1.29, 1.82) is 0 Å². The number of hydrogen-bond acceptors (Lipinski definition) is 4. The number of hydrogen-bond donors (Lipinski definition) is 0. The Bertz CT molecular complexity index is 418. The van der Waals surface area contributed by atoms with E-state index in [-0.39, 0.29) is 11.9 Å². The topological polar surface area (TPSA) is 52.6 Å². The van der Waals surface area contributed by atoms with Gasteiger partial charge >= 0.3 is 11.9 Å². The first-order chi connectivity index (χ1) is 8.11. The van der Waals surface area contributed by atoms with E-state index in [1.807, 2.05) is 0 Å². The molecule has 0 aliphatic rings. The molecule has 0 aliphatic heterocycles. The van der Waals surface area contributed by atoms with Crippen LogP contribution in [0.2, 0.25) is 0 Å². The fraction of sp³-hybridized carbons (Fsp3) is 0.231. The standard InChI is InChI=1S/C13H14O4/c1-3-16-13(15)9-6-11-4-7-12(8-5-11)17-10(2)14/h4-9H,3H2,1-2H3/b9-6-. The van der Waals surface area contributed by atoms with E-state index in [0.29, 0.717) is 12.4 Å². The average molecular weight is 234 g/mol. The Kier molecular flexibility index (Phi) is 4.94. The third-order valence-electron chi connectivity index (χ3n) is 1.84. The highest BCUT2D eigenvalue weighted by atomic mass is 16.5. The predicted octanol–water partition coefficient (Wildman–Crippen LogP) is 2.19. The highest BCUT2D eigenvalue weighted by Gasteiger charge is 1.97. The van der Waals surface area contributed by atoms with Crippen LogP contribution in [0, 0.1) is 0 Å². The highest BCUT2D eigenvalue weighted by molar-refractivity contribution is 5.87. The van der Waals surface area contributed by atoms with Gasteiger partial charge in [-0.25, -0.2) is 4.79 Å². The Morgan fingerprint density at radius 3 is 2.41 bits per heavy atom. The van der Waals surface area contributed by atoms with E-state index < -0.39 is 0 Å². The minimum Gasteiger partial charge on any atom is -0.463 e. The molecule has 0 radical (unpaired) electrons. The molecule has 0 aromatic heterocycles. The van der Waals surface area contributed by atoms with E-state index >= 15 is 0 Å². The molecule has 0 bridgehead atoms. The molecule has 0 atom stereocenters. The summed E-state index contributed by atoms with van der Waals surface area (Å²) in [6.45, 7) is 3.45. The molecule has 0 unspecified atom stereocenters. The number of benzene rings is 1. The largest absolute Gasteiger partial charge is 0.463 e. The van der Waals surface area contributed by atoms with Crippen molar-refractivity contribution in [3.05, 3.63) is 35.9 Å². The van der Waals surface area contributed by atoms with Crippen LogP contribution in [0.3, 0.4) is 0 Å². The van der Waals surface area contributed by atoms with Gasteiger partial charge in [-0.1, -0.05) is 12.1 Å². The molecule has 0 saturated heterocycles. The molecule has 4 nitrogen and oxygen atoms in total. The van der Waals surface area contributed by atoms with Gasteiger partial charge in [-0.15, -0.1) is 0 Å². The summed E-state index contributed by atoms with van der Waals surface area (Å²) in [4.78, 5) is 21.7. The summed E-state index contributed by atoms with van der Waals surface area (Å²) in [6, 6.07) is 6.81. The van der Waals surface area contributed by atoms with Gasteiger partial charge in [0.25, 0.3) is 0 Å². The maximum Gasteiger partial charge on any atom is 0.330 e. The first-order valence-electron chi connectivity index (χ1n) is 5.25. The molecule has 1 aromatic carbocycles. The zero-order chi connectivity index (χ0) is 12.7. The van der Waals surface area contributed by atoms with Gasteiger partial charge in [-0.3, -0.25) is 4.79 Å². The molecule has 1 aromatic rings. The zero-order valence-corrected chi connectivity index (χ0v) is 9.80. The quantitative estimate of drug-likeness (QED) is 0.455. The molecular formula is C13H14O4. The first-order valence-corrected chi connectivity index (χ1v) is 5.25. The van der Waals surface area contributed by atoms with E-state index in [4.69, 9.17) is 9.47 Å². The molecule has 0 saturated carbocycles. The van der Waals surface area contributed by atoms with Gasteiger partial charge in [-0.2, -0.15) is 0 Å². The molecule has 0 amide bonds. The molecule has 0 aliphatic carbocycles. The van der Waals surface area contributed by atoms with Crippen LogP contribution >= 0.6 is 0 Å². The van der Waals surface area contributed by atoms with Gasteiger partial charge < -0.3 is 9.47 Å². The Labute approximate surface area is 99.8 Å². The van der Waals surface area contributed by atoms with Crippen molar-refractivity contribution in [1.82, 2.24) is 0 Å². The Hall–Kier alpha value is -2.10. The number of ether oxygens (including phenoxy) is 2. The lowest BCUT2D eigenvalue weighted by atomic mass is 10.2. The molecule has 1 rings (SSSR count). The number of esters is 2. The second-order valence-corrected chi connectivity index (χ2v) is 3.25. The molecule has 0 fully saturated rings. The van der Waals surface area contributed by atoms with E-state index in [0.717, 1.165) is 5.56 Å². The molecule has 17 heavy (non-hydrogen) atoms. The van der Waals surface area contributed by atoms with Gasteiger partial charge in [0, 0.05) is 13.0 Å². The lowest BCUT2D eigenvalue weighted by molar-refractivity contribution is -0.137. The third kappa shape index (κ3) is 4.97. The Morgan fingerprint density at radius 2 is 1.88 bits per heavy atom. The first kappa shape index (κ1) is 13.0.